The number of anilines is 1. The summed E-state index contributed by atoms with van der Waals surface area (Å²) in [5, 5.41) is 0. The zero-order valence-corrected chi connectivity index (χ0v) is 12.1. The van der Waals surface area contributed by atoms with Crippen molar-refractivity contribution >= 4 is 32.9 Å². The molecule has 0 radical (unpaired) electrons. The predicted molar refractivity (Wildman–Crippen MR) is 79.5 cm³/mol. The lowest BCUT2D eigenvalue weighted by Gasteiger charge is -2.10. The van der Waals surface area contributed by atoms with Crippen molar-refractivity contribution in [2.75, 3.05) is 4.72 Å². The Morgan fingerprint density at radius 2 is 1.71 bits per heavy atom. The average molecular weight is 328 g/mol. The van der Waals surface area contributed by atoms with Gasteiger partial charge in [0, 0.05) is 5.56 Å². The number of sulfonamides is 1. The molecule has 0 saturated heterocycles. The van der Waals surface area contributed by atoms with Gasteiger partial charge in [0.15, 0.2) is 0 Å². The van der Waals surface area contributed by atoms with Crippen molar-refractivity contribution in [1.29, 1.82) is 0 Å². The van der Waals surface area contributed by atoms with Crippen LogP contribution in [0, 0.1) is 11.6 Å². The molecule has 0 saturated carbocycles. The van der Waals surface area contributed by atoms with Gasteiger partial charge in [0.25, 0.3) is 10.0 Å². The summed E-state index contributed by atoms with van der Waals surface area (Å²) >= 11 is 4.70. The second-order valence-corrected chi connectivity index (χ2v) is 6.24. The Morgan fingerprint density at radius 1 is 1.10 bits per heavy atom. The fourth-order valence-corrected chi connectivity index (χ4v) is 2.76. The lowest BCUT2D eigenvalue weighted by molar-refractivity contribution is 0.597. The molecule has 0 aliphatic rings. The van der Waals surface area contributed by atoms with Gasteiger partial charge in [0.2, 0.25) is 0 Å². The Labute approximate surface area is 125 Å². The minimum atomic E-state index is -4.01. The van der Waals surface area contributed by atoms with Crippen molar-refractivity contribution in [2.24, 2.45) is 5.73 Å². The second-order valence-electron chi connectivity index (χ2n) is 4.12. The van der Waals surface area contributed by atoms with E-state index in [4.69, 9.17) is 18.0 Å². The molecule has 3 N–H and O–H groups in total. The van der Waals surface area contributed by atoms with Gasteiger partial charge < -0.3 is 5.73 Å². The normalized spacial score (nSPS) is 11.1. The minimum absolute atomic E-state index is 0.00171. The monoisotopic (exact) mass is 328 g/mol. The standard InChI is InChI=1S/C13H10F2N2O2S2/c14-9-2-4-10(5-3-9)21(18,19)17-12-6-1-8(13(16)20)7-11(12)15/h1-7,17H,(H2,16,20). The summed E-state index contributed by atoms with van der Waals surface area (Å²) in [6, 6.07) is 7.81. The van der Waals surface area contributed by atoms with Gasteiger partial charge in [-0.2, -0.15) is 0 Å². The number of benzene rings is 2. The molecule has 0 unspecified atom stereocenters. The van der Waals surface area contributed by atoms with Crippen LogP contribution in [-0.2, 0) is 10.0 Å². The number of rotatable bonds is 4. The molecule has 0 bridgehead atoms. The summed E-state index contributed by atoms with van der Waals surface area (Å²) in [6.07, 6.45) is 0. The SMILES string of the molecule is NC(=S)c1ccc(NS(=O)(=O)c2ccc(F)cc2)c(F)c1. The number of hydrogen-bond acceptors (Lipinski definition) is 3. The van der Waals surface area contributed by atoms with Gasteiger partial charge in [-0.05, 0) is 42.5 Å². The Balaban J connectivity index is 2.32. The number of nitrogens with one attached hydrogen (secondary N) is 1. The molecule has 21 heavy (non-hydrogen) atoms. The molecular formula is C13H10F2N2O2S2. The highest BCUT2D eigenvalue weighted by atomic mass is 32.2. The van der Waals surface area contributed by atoms with Gasteiger partial charge in [-0.25, -0.2) is 17.2 Å². The van der Waals surface area contributed by atoms with Crippen LogP contribution in [0.2, 0.25) is 0 Å². The van der Waals surface area contributed by atoms with E-state index in [-0.39, 0.29) is 21.1 Å². The van der Waals surface area contributed by atoms with Crippen LogP contribution < -0.4 is 10.5 Å². The molecule has 0 spiro atoms. The van der Waals surface area contributed by atoms with Crippen molar-refractivity contribution < 1.29 is 17.2 Å². The number of nitrogens with two attached hydrogens (primary N) is 1. The average Bonchev–Trinajstić information content (AvgIpc) is 2.41. The number of halogens is 2. The number of hydrogen-bond donors (Lipinski definition) is 2. The van der Waals surface area contributed by atoms with Crippen LogP contribution in [0.4, 0.5) is 14.5 Å². The Morgan fingerprint density at radius 3 is 2.24 bits per heavy atom. The molecule has 8 heteroatoms. The predicted octanol–water partition coefficient (Wildman–Crippen LogP) is 2.40. The van der Waals surface area contributed by atoms with Crippen LogP contribution in [0.25, 0.3) is 0 Å². The fourth-order valence-electron chi connectivity index (χ4n) is 1.57. The van der Waals surface area contributed by atoms with Gasteiger partial charge in [0.1, 0.15) is 16.6 Å². The lowest BCUT2D eigenvalue weighted by Crippen LogP contribution is -2.15. The first kappa shape index (κ1) is 15.3. The van der Waals surface area contributed by atoms with Gasteiger partial charge in [0.05, 0.1) is 10.6 Å². The van der Waals surface area contributed by atoms with E-state index in [1.807, 2.05) is 0 Å². The summed E-state index contributed by atoms with van der Waals surface area (Å²) in [5.74, 6) is -1.38. The van der Waals surface area contributed by atoms with Gasteiger partial charge in [-0.1, -0.05) is 12.2 Å². The van der Waals surface area contributed by atoms with Gasteiger partial charge in [-0.15, -0.1) is 0 Å². The molecule has 0 aromatic heterocycles. The quantitative estimate of drug-likeness (QED) is 0.846. The highest BCUT2D eigenvalue weighted by Gasteiger charge is 2.16. The number of thiocarbonyl (C=S) groups is 1. The first-order valence-electron chi connectivity index (χ1n) is 5.67. The lowest BCUT2D eigenvalue weighted by atomic mass is 10.2. The summed E-state index contributed by atoms with van der Waals surface area (Å²) in [4.78, 5) is -0.177. The van der Waals surface area contributed by atoms with Crippen LogP contribution in [0.5, 0.6) is 0 Å². The largest absolute Gasteiger partial charge is 0.389 e. The van der Waals surface area contributed by atoms with Crippen LogP contribution in [-0.4, -0.2) is 13.4 Å². The molecule has 0 aliphatic heterocycles. The van der Waals surface area contributed by atoms with E-state index < -0.39 is 21.7 Å². The molecule has 2 aromatic rings. The maximum atomic E-state index is 13.8. The van der Waals surface area contributed by atoms with Crippen LogP contribution >= 0.6 is 12.2 Å². The molecule has 0 fully saturated rings. The summed E-state index contributed by atoms with van der Waals surface area (Å²) < 4.78 is 52.8. The molecule has 0 aliphatic carbocycles. The van der Waals surface area contributed by atoms with E-state index in [0.29, 0.717) is 0 Å². The topological polar surface area (TPSA) is 72.2 Å². The van der Waals surface area contributed by atoms with Crippen LogP contribution in [0.15, 0.2) is 47.4 Å². The van der Waals surface area contributed by atoms with E-state index >= 15 is 0 Å². The van der Waals surface area contributed by atoms with E-state index in [2.05, 4.69) is 4.72 Å². The van der Waals surface area contributed by atoms with Crippen LogP contribution in [0.1, 0.15) is 5.56 Å². The van der Waals surface area contributed by atoms with E-state index in [1.165, 1.54) is 12.1 Å². The van der Waals surface area contributed by atoms with Crippen molar-refractivity contribution in [1.82, 2.24) is 0 Å². The molecule has 2 rings (SSSR count). The van der Waals surface area contributed by atoms with Crippen LogP contribution in [0.3, 0.4) is 0 Å². The van der Waals surface area contributed by atoms with Crippen molar-refractivity contribution in [3.05, 3.63) is 59.7 Å². The zero-order chi connectivity index (χ0) is 15.6. The Kier molecular flexibility index (Phi) is 4.19. The minimum Gasteiger partial charge on any atom is -0.389 e. The summed E-state index contributed by atoms with van der Waals surface area (Å²) in [7, 11) is -4.01. The highest BCUT2D eigenvalue weighted by molar-refractivity contribution is 7.92. The van der Waals surface area contributed by atoms with Gasteiger partial charge in [-0.3, -0.25) is 4.72 Å². The van der Waals surface area contributed by atoms with Gasteiger partial charge >= 0.3 is 0 Å². The third kappa shape index (κ3) is 3.53. The molecule has 0 heterocycles. The van der Waals surface area contributed by atoms with E-state index in [0.717, 1.165) is 30.3 Å². The van der Waals surface area contributed by atoms with Crippen molar-refractivity contribution in [2.45, 2.75) is 4.90 Å². The van der Waals surface area contributed by atoms with E-state index in [9.17, 15) is 17.2 Å². The first-order valence-corrected chi connectivity index (χ1v) is 7.56. The Hall–Kier alpha value is -2.06. The van der Waals surface area contributed by atoms with Crippen molar-refractivity contribution in [3.8, 4) is 0 Å². The maximum Gasteiger partial charge on any atom is 0.261 e. The third-order valence-corrected chi connectivity index (χ3v) is 4.24. The molecule has 0 atom stereocenters. The smallest absolute Gasteiger partial charge is 0.261 e. The second kappa shape index (κ2) is 5.74. The first-order chi connectivity index (χ1) is 9.79. The van der Waals surface area contributed by atoms with E-state index in [1.54, 1.807) is 0 Å². The molecule has 110 valence electrons. The van der Waals surface area contributed by atoms with Crippen molar-refractivity contribution in [3.63, 3.8) is 0 Å². The highest BCUT2D eigenvalue weighted by Crippen LogP contribution is 2.20. The summed E-state index contributed by atoms with van der Waals surface area (Å²) in [5.41, 5.74) is 5.39. The fraction of sp³-hybridized carbons (Fsp3) is 0. The third-order valence-electron chi connectivity index (χ3n) is 2.62. The molecule has 0 amide bonds. The summed E-state index contributed by atoms with van der Waals surface area (Å²) in [6.45, 7) is 0. The molecule has 4 nitrogen and oxygen atoms in total. The molecular weight excluding hydrogens is 318 g/mol. The zero-order valence-electron chi connectivity index (χ0n) is 10.5. The molecule has 2 aromatic carbocycles. The maximum absolute atomic E-state index is 13.8. The Bertz CT molecular complexity index is 790.